The molecular formula is C17H16FNO4. The van der Waals surface area contributed by atoms with Crippen LogP contribution in [0.2, 0.25) is 0 Å². The number of ether oxygens (including phenoxy) is 2. The predicted octanol–water partition coefficient (Wildman–Crippen LogP) is 2.31. The monoisotopic (exact) mass is 317 g/mol. The van der Waals surface area contributed by atoms with E-state index < -0.39 is 11.8 Å². The molecule has 0 spiro atoms. The summed E-state index contributed by atoms with van der Waals surface area (Å²) in [7, 11) is 1.44. The smallest absolute Gasteiger partial charge is 0.325 e. The van der Waals surface area contributed by atoms with Gasteiger partial charge in [-0.3, -0.25) is 9.59 Å². The second-order valence-electron chi connectivity index (χ2n) is 4.67. The number of nitrogens with one attached hydrogen (secondary N) is 1. The molecular weight excluding hydrogens is 301 g/mol. The first-order valence-electron chi connectivity index (χ1n) is 6.91. The second-order valence-corrected chi connectivity index (χ2v) is 4.67. The van der Waals surface area contributed by atoms with Crippen molar-refractivity contribution < 1.29 is 23.5 Å². The van der Waals surface area contributed by atoms with Crippen LogP contribution in [0.3, 0.4) is 0 Å². The van der Waals surface area contributed by atoms with Gasteiger partial charge in [0.15, 0.2) is 0 Å². The lowest BCUT2D eigenvalue weighted by atomic mass is 10.2. The molecule has 0 aromatic heterocycles. The van der Waals surface area contributed by atoms with Gasteiger partial charge in [0.2, 0.25) is 0 Å². The molecule has 2 aromatic rings. The molecule has 0 saturated carbocycles. The number of carbonyl (C=O) groups is 2. The van der Waals surface area contributed by atoms with Crippen molar-refractivity contribution in [1.29, 1.82) is 0 Å². The Hall–Kier alpha value is -2.89. The van der Waals surface area contributed by atoms with Gasteiger partial charge in [-0.15, -0.1) is 0 Å². The van der Waals surface area contributed by atoms with Crippen molar-refractivity contribution >= 4 is 11.9 Å². The van der Waals surface area contributed by atoms with Gasteiger partial charge in [0, 0.05) is 11.1 Å². The van der Waals surface area contributed by atoms with E-state index in [0.29, 0.717) is 16.9 Å². The van der Waals surface area contributed by atoms with Gasteiger partial charge in [-0.05, 0) is 30.3 Å². The molecule has 2 aromatic carbocycles. The fraction of sp³-hybridized carbons (Fsp3) is 0.176. The normalized spacial score (nSPS) is 10.0. The average Bonchev–Trinajstić information content (AvgIpc) is 2.58. The van der Waals surface area contributed by atoms with Gasteiger partial charge >= 0.3 is 5.97 Å². The minimum Gasteiger partial charge on any atom is -0.496 e. The average molecular weight is 317 g/mol. The molecule has 1 amide bonds. The molecule has 5 nitrogen and oxygen atoms in total. The second kappa shape index (κ2) is 7.93. The third kappa shape index (κ3) is 4.81. The third-order valence-corrected chi connectivity index (χ3v) is 3.06. The van der Waals surface area contributed by atoms with Crippen LogP contribution in [0.5, 0.6) is 5.75 Å². The molecule has 6 heteroatoms. The first kappa shape index (κ1) is 16.5. The summed E-state index contributed by atoms with van der Waals surface area (Å²) in [5.74, 6) is -1.02. The van der Waals surface area contributed by atoms with E-state index in [-0.39, 0.29) is 19.1 Å². The molecule has 0 aliphatic rings. The van der Waals surface area contributed by atoms with Crippen LogP contribution in [0.15, 0.2) is 48.5 Å². The Kier molecular flexibility index (Phi) is 5.68. The van der Waals surface area contributed by atoms with Crippen molar-refractivity contribution in [1.82, 2.24) is 5.32 Å². The summed E-state index contributed by atoms with van der Waals surface area (Å²) in [5.41, 5.74) is 0.863. The zero-order chi connectivity index (χ0) is 16.7. The molecule has 0 atom stereocenters. The van der Waals surface area contributed by atoms with Crippen molar-refractivity contribution in [3.05, 3.63) is 65.5 Å². The van der Waals surface area contributed by atoms with Crippen LogP contribution in [-0.4, -0.2) is 25.5 Å². The van der Waals surface area contributed by atoms with Crippen molar-refractivity contribution in [2.75, 3.05) is 13.7 Å². The summed E-state index contributed by atoms with van der Waals surface area (Å²) in [6.45, 7) is -0.410. The van der Waals surface area contributed by atoms with E-state index >= 15 is 0 Å². The molecule has 120 valence electrons. The maximum atomic E-state index is 13.2. The Labute approximate surface area is 133 Å². The first-order valence-corrected chi connectivity index (χ1v) is 6.91. The maximum Gasteiger partial charge on any atom is 0.325 e. The van der Waals surface area contributed by atoms with Crippen LogP contribution in [-0.2, 0) is 16.1 Å². The SMILES string of the molecule is COc1ccc(F)cc1COC(=O)CNC(=O)c1ccccc1. The summed E-state index contributed by atoms with van der Waals surface area (Å²) in [6, 6.07) is 12.5. The molecule has 0 fully saturated rings. The van der Waals surface area contributed by atoms with Gasteiger partial charge in [-0.1, -0.05) is 18.2 Å². The minimum atomic E-state index is -0.624. The number of hydrogen-bond acceptors (Lipinski definition) is 4. The van der Waals surface area contributed by atoms with Gasteiger partial charge in [0.1, 0.15) is 24.7 Å². The van der Waals surface area contributed by atoms with Gasteiger partial charge < -0.3 is 14.8 Å². The number of benzene rings is 2. The predicted molar refractivity (Wildman–Crippen MR) is 81.5 cm³/mol. The van der Waals surface area contributed by atoms with Crippen LogP contribution in [0, 0.1) is 5.82 Å². The Morgan fingerprint density at radius 2 is 1.87 bits per heavy atom. The fourth-order valence-corrected chi connectivity index (χ4v) is 1.91. The van der Waals surface area contributed by atoms with Crippen molar-refractivity contribution in [3.63, 3.8) is 0 Å². The van der Waals surface area contributed by atoms with Gasteiger partial charge in [0.05, 0.1) is 7.11 Å². The number of hydrogen-bond donors (Lipinski definition) is 1. The van der Waals surface area contributed by atoms with Crippen LogP contribution in [0.4, 0.5) is 4.39 Å². The molecule has 0 aliphatic heterocycles. The van der Waals surface area contributed by atoms with Crippen LogP contribution in [0.25, 0.3) is 0 Å². The minimum absolute atomic E-state index is 0.138. The maximum absolute atomic E-state index is 13.2. The van der Waals surface area contributed by atoms with E-state index in [1.165, 1.54) is 25.3 Å². The molecule has 0 bridgehead atoms. The third-order valence-electron chi connectivity index (χ3n) is 3.06. The highest BCUT2D eigenvalue weighted by Crippen LogP contribution is 2.20. The van der Waals surface area contributed by atoms with Crippen molar-refractivity contribution in [2.45, 2.75) is 6.61 Å². The highest BCUT2D eigenvalue weighted by molar-refractivity contribution is 5.95. The molecule has 0 aliphatic carbocycles. The molecule has 2 rings (SSSR count). The van der Waals surface area contributed by atoms with Crippen molar-refractivity contribution in [2.24, 2.45) is 0 Å². The quantitative estimate of drug-likeness (QED) is 0.830. The van der Waals surface area contributed by atoms with E-state index in [2.05, 4.69) is 5.32 Å². The van der Waals surface area contributed by atoms with Gasteiger partial charge in [-0.2, -0.15) is 0 Å². The lowest BCUT2D eigenvalue weighted by molar-refractivity contribution is -0.143. The zero-order valence-electron chi connectivity index (χ0n) is 12.5. The Morgan fingerprint density at radius 3 is 2.57 bits per heavy atom. The van der Waals surface area contributed by atoms with Crippen LogP contribution in [0.1, 0.15) is 15.9 Å². The van der Waals surface area contributed by atoms with E-state index in [4.69, 9.17) is 9.47 Å². The molecule has 0 heterocycles. The van der Waals surface area contributed by atoms with Crippen LogP contribution < -0.4 is 10.1 Å². The molecule has 23 heavy (non-hydrogen) atoms. The van der Waals surface area contributed by atoms with Gasteiger partial charge in [0.25, 0.3) is 5.91 Å². The lowest BCUT2D eigenvalue weighted by Crippen LogP contribution is -2.30. The molecule has 0 saturated heterocycles. The number of rotatable bonds is 6. The Bertz CT molecular complexity index is 688. The van der Waals surface area contributed by atoms with Crippen LogP contribution >= 0.6 is 0 Å². The highest BCUT2D eigenvalue weighted by Gasteiger charge is 2.11. The Morgan fingerprint density at radius 1 is 1.13 bits per heavy atom. The van der Waals surface area contributed by atoms with Crippen molar-refractivity contribution in [3.8, 4) is 5.75 Å². The standard InChI is InChI=1S/C17H16FNO4/c1-22-15-8-7-14(18)9-13(15)11-23-16(20)10-19-17(21)12-5-3-2-4-6-12/h2-9H,10-11H2,1H3,(H,19,21). The van der Waals surface area contributed by atoms with Gasteiger partial charge in [-0.25, -0.2) is 4.39 Å². The number of methoxy groups -OCH3 is 1. The van der Waals surface area contributed by atoms with E-state index in [1.807, 2.05) is 0 Å². The topological polar surface area (TPSA) is 64.6 Å². The van der Waals surface area contributed by atoms with E-state index in [0.717, 1.165) is 0 Å². The summed E-state index contributed by atoms with van der Waals surface area (Å²) >= 11 is 0. The van der Waals surface area contributed by atoms with E-state index in [9.17, 15) is 14.0 Å². The highest BCUT2D eigenvalue weighted by atomic mass is 19.1. The number of esters is 1. The lowest BCUT2D eigenvalue weighted by Gasteiger charge is -2.10. The first-order chi connectivity index (χ1) is 11.1. The van der Waals surface area contributed by atoms with E-state index in [1.54, 1.807) is 30.3 Å². The Balaban J connectivity index is 1.84. The molecule has 0 radical (unpaired) electrons. The zero-order valence-corrected chi connectivity index (χ0v) is 12.5. The number of carbonyl (C=O) groups excluding carboxylic acids is 2. The summed E-state index contributed by atoms with van der Waals surface area (Å²) in [4.78, 5) is 23.4. The summed E-state index contributed by atoms with van der Waals surface area (Å²) in [5, 5.41) is 2.46. The fourth-order valence-electron chi connectivity index (χ4n) is 1.91. The summed E-state index contributed by atoms with van der Waals surface area (Å²) in [6.07, 6.45) is 0. The molecule has 0 unspecified atom stereocenters. The largest absolute Gasteiger partial charge is 0.496 e. The number of amides is 1. The molecule has 1 N–H and O–H groups in total. The number of halogens is 1. The summed E-state index contributed by atoms with van der Waals surface area (Å²) < 4.78 is 23.3.